The van der Waals surface area contributed by atoms with Crippen LogP contribution in [0.25, 0.3) is 16.9 Å². The molecule has 1 saturated heterocycles. The van der Waals surface area contributed by atoms with E-state index in [0.717, 1.165) is 60.9 Å². The van der Waals surface area contributed by atoms with E-state index in [1.165, 1.54) is 12.1 Å². The molecule has 136 valence electrons. The molecule has 4 rings (SSSR count). The second-order valence-corrected chi connectivity index (χ2v) is 6.90. The summed E-state index contributed by atoms with van der Waals surface area (Å²) in [4.78, 5) is 7.47. The zero-order valence-corrected chi connectivity index (χ0v) is 15.5. The van der Waals surface area contributed by atoms with Gasteiger partial charge in [0, 0.05) is 31.4 Å². The lowest BCUT2D eigenvalue weighted by molar-refractivity contribution is 0.281. The summed E-state index contributed by atoms with van der Waals surface area (Å²) in [5.41, 5.74) is 5.60. The van der Waals surface area contributed by atoms with Crippen molar-refractivity contribution < 1.29 is 4.74 Å². The van der Waals surface area contributed by atoms with Crippen LogP contribution in [0.3, 0.4) is 0 Å². The van der Waals surface area contributed by atoms with Crippen LogP contribution in [-0.2, 0) is 6.54 Å². The van der Waals surface area contributed by atoms with Crippen molar-refractivity contribution in [2.45, 2.75) is 19.9 Å². The molecule has 0 atom stereocenters. The first-order valence-corrected chi connectivity index (χ1v) is 9.30. The molecule has 2 aromatic heterocycles. The Kier molecular flexibility index (Phi) is 4.91. The van der Waals surface area contributed by atoms with Gasteiger partial charge >= 0.3 is 0 Å². The zero-order valence-electron chi connectivity index (χ0n) is 15.5. The number of aromatic nitrogens is 2. The monoisotopic (exact) mass is 350 g/mol. The average molecular weight is 350 g/mol. The van der Waals surface area contributed by atoms with E-state index in [1.807, 2.05) is 12.1 Å². The minimum atomic E-state index is 0.910. The van der Waals surface area contributed by atoms with E-state index in [2.05, 4.69) is 52.0 Å². The van der Waals surface area contributed by atoms with Crippen LogP contribution >= 0.6 is 0 Å². The van der Waals surface area contributed by atoms with Crippen LogP contribution < -0.4 is 10.1 Å². The third-order valence-electron chi connectivity index (χ3n) is 5.10. The van der Waals surface area contributed by atoms with Crippen molar-refractivity contribution in [2.24, 2.45) is 0 Å². The number of benzene rings is 1. The Labute approximate surface area is 154 Å². The van der Waals surface area contributed by atoms with Gasteiger partial charge in [-0.05, 0) is 62.3 Å². The van der Waals surface area contributed by atoms with Gasteiger partial charge in [-0.2, -0.15) is 0 Å². The SMILES string of the molecule is COc1ccc(-c2nc3ccccn3c2CN2CCCNCC2)cc1C. The summed E-state index contributed by atoms with van der Waals surface area (Å²) in [6.45, 7) is 7.34. The van der Waals surface area contributed by atoms with E-state index in [-0.39, 0.29) is 0 Å². The van der Waals surface area contributed by atoms with Crippen LogP contribution in [0.2, 0.25) is 0 Å². The van der Waals surface area contributed by atoms with Gasteiger partial charge in [0.2, 0.25) is 0 Å². The van der Waals surface area contributed by atoms with E-state index in [1.54, 1.807) is 7.11 Å². The predicted molar refractivity (Wildman–Crippen MR) is 105 cm³/mol. The number of methoxy groups -OCH3 is 1. The number of ether oxygens (including phenoxy) is 1. The summed E-state index contributed by atoms with van der Waals surface area (Å²) < 4.78 is 7.65. The Morgan fingerprint density at radius 2 is 2.08 bits per heavy atom. The maximum atomic E-state index is 5.42. The first-order valence-electron chi connectivity index (χ1n) is 9.30. The fourth-order valence-corrected chi connectivity index (χ4v) is 3.73. The molecule has 0 radical (unpaired) electrons. The maximum absolute atomic E-state index is 5.42. The standard InChI is InChI=1S/C21H26N4O/c1-16-14-17(7-8-19(16)26-2)21-18(15-24-11-5-9-22-10-13-24)25-12-4-3-6-20(25)23-21/h3-4,6-8,12,14,22H,5,9-11,13,15H2,1-2H3. The molecular formula is C21H26N4O. The number of hydrogen-bond donors (Lipinski definition) is 1. The van der Waals surface area contributed by atoms with Gasteiger partial charge in [0.15, 0.2) is 0 Å². The molecule has 1 aliphatic heterocycles. The third-order valence-corrected chi connectivity index (χ3v) is 5.10. The topological polar surface area (TPSA) is 41.8 Å². The lowest BCUT2D eigenvalue weighted by Crippen LogP contribution is -2.28. The summed E-state index contributed by atoms with van der Waals surface area (Å²) in [6, 6.07) is 12.5. The fourth-order valence-electron chi connectivity index (χ4n) is 3.73. The highest BCUT2D eigenvalue weighted by Crippen LogP contribution is 2.29. The average Bonchev–Trinajstić information content (AvgIpc) is 2.83. The van der Waals surface area contributed by atoms with Gasteiger partial charge < -0.3 is 14.5 Å². The van der Waals surface area contributed by atoms with Crippen molar-refractivity contribution in [3.63, 3.8) is 0 Å². The molecule has 3 aromatic rings. The maximum Gasteiger partial charge on any atom is 0.137 e. The molecule has 0 unspecified atom stereocenters. The molecule has 1 N–H and O–H groups in total. The van der Waals surface area contributed by atoms with E-state index < -0.39 is 0 Å². The van der Waals surface area contributed by atoms with Gasteiger partial charge in [0.05, 0.1) is 18.5 Å². The van der Waals surface area contributed by atoms with Gasteiger partial charge in [-0.3, -0.25) is 4.90 Å². The molecule has 0 bridgehead atoms. The molecule has 1 aliphatic rings. The van der Waals surface area contributed by atoms with Crippen molar-refractivity contribution in [1.29, 1.82) is 0 Å². The van der Waals surface area contributed by atoms with Crippen LogP contribution in [0.4, 0.5) is 0 Å². The van der Waals surface area contributed by atoms with Crippen LogP contribution in [-0.4, -0.2) is 47.6 Å². The highest BCUT2D eigenvalue weighted by atomic mass is 16.5. The lowest BCUT2D eigenvalue weighted by Gasteiger charge is -2.20. The first kappa shape index (κ1) is 17.1. The Bertz CT molecular complexity index is 894. The lowest BCUT2D eigenvalue weighted by atomic mass is 10.1. The minimum Gasteiger partial charge on any atom is -0.496 e. The van der Waals surface area contributed by atoms with E-state index in [4.69, 9.17) is 9.72 Å². The molecule has 0 saturated carbocycles. The molecule has 1 aromatic carbocycles. The van der Waals surface area contributed by atoms with Crippen LogP contribution in [0.5, 0.6) is 5.75 Å². The number of nitrogens with one attached hydrogen (secondary N) is 1. The Hall–Kier alpha value is -2.37. The summed E-state index contributed by atoms with van der Waals surface area (Å²) in [6.07, 6.45) is 3.31. The van der Waals surface area contributed by atoms with Crippen molar-refractivity contribution >= 4 is 5.65 Å². The normalized spacial score (nSPS) is 15.9. The van der Waals surface area contributed by atoms with Crippen LogP contribution in [0.15, 0.2) is 42.6 Å². The summed E-state index contributed by atoms with van der Waals surface area (Å²) in [5.74, 6) is 0.914. The van der Waals surface area contributed by atoms with Crippen molar-refractivity contribution in [3.8, 4) is 17.0 Å². The Balaban J connectivity index is 1.77. The van der Waals surface area contributed by atoms with Crippen molar-refractivity contribution in [2.75, 3.05) is 33.3 Å². The number of pyridine rings is 1. The largest absolute Gasteiger partial charge is 0.496 e. The van der Waals surface area contributed by atoms with Crippen LogP contribution in [0.1, 0.15) is 17.7 Å². The van der Waals surface area contributed by atoms with Gasteiger partial charge in [-0.25, -0.2) is 4.98 Å². The number of aryl methyl sites for hydroxylation is 1. The first-order chi connectivity index (χ1) is 12.8. The molecule has 0 spiro atoms. The van der Waals surface area contributed by atoms with E-state index >= 15 is 0 Å². The van der Waals surface area contributed by atoms with Crippen molar-refractivity contribution in [3.05, 3.63) is 53.9 Å². The van der Waals surface area contributed by atoms with Gasteiger partial charge in [-0.15, -0.1) is 0 Å². The Morgan fingerprint density at radius 3 is 2.92 bits per heavy atom. The molecule has 5 heteroatoms. The summed E-state index contributed by atoms with van der Waals surface area (Å²) in [7, 11) is 1.71. The molecule has 1 fully saturated rings. The van der Waals surface area contributed by atoms with E-state index in [9.17, 15) is 0 Å². The third kappa shape index (κ3) is 3.32. The van der Waals surface area contributed by atoms with E-state index in [0.29, 0.717) is 0 Å². The van der Waals surface area contributed by atoms with Crippen LogP contribution in [0, 0.1) is 6.92 Å². The second kappa shape index (κ2) is 7.48. The molecule has 0 amide bonds. The molecule has 3 heterocycles. The number of nitrogens with zero attached hydrogens (tertiary/aromatic N) is 3. The van der Waals surface area contributed by atoms with Gasteiger partial charge in [0.25, 0.3) is 0 Å². The zero-order chi connectivity index (χ0) is 17.9. The summed E-state index contributed by atoms with van der Waals surface area (Å²) >= 11 is 0. The molecular weight excluding hydrogens is 324 g/mol. The highest BCUT2D eigenvalue weighted by molar-refractivity contribution is 5.68. The number of rotatable bonds is 4. The Morgan fingerprint density at radius 1 is 1.15 bits per heavy atom. The molecule has 26 heavy (non-hydrogen) atoms. The fraction of sp³-hybridized carbons (Fsp3) is 0.381. The second-order valence-electron chi connectivity index (χ2n) is 6.90. The van der Waals surface area contributed by atoms with Gasteiger partial charge in [0.1, 0.15) is 11.4 Å². The van der Waals surface area contributed by atoms with Gasteiger partial charge in [-0.1, -0.05) is 6.07 Å². The number of fused-ring (bicyclic) bond motifs is 1. The quantitative estimate of drug-likeness (QED) is 0.785. The minimum absolute atomic E-state index is 0.910. The molecule has 5 nitrogen and oxygen atoms in total. The highest BCUT2D eigenvalue weighted by Gasteiger charge is 2.18. The molecule has 0 aliphatic carbocycles. The summed E-state index contributed by atoms with van der Waals surface area (Å²) in [5, 5.41) is 3.48. The predicted octanol–water partition coefficient (Wildman–Crippen LogP) is 3.11. The number of hydrogen-bond acceptors (Lipinski definition) is 4. The number of imidazole rings is 1. The van der Waals surface area contributed by atoms with Crippen molar-refractivity contribution in [1.82, 2.24) is 19.6 Å². The smallest absolute Gasteiger partial charge is 0.137 e.